The van der Waals surface area contributed by atoms with Gasteiger partial charge in [-0.1, -0.05) is 25.3 Å². The average molecular weight is 406 g/mol. The van der Waals surface area contributed by atoms with Gasteiger partial charge in [0.2, 0.25) is 0 Å². The summed E-state index contributed by atoms with van der Waals surface area (Å²) in [6.45, 7) is 10.7. The largest absolute Gasteiger partial charge is 0.466 e. The van der Waals surface area contributed by atoms with Crippen LogP contribution in [-0.4, -0.2) is 59.6 Å². The lowest BCUT2D eigenvalue weighted by Gasteiger charge is -2.34. The van der Waals surface area contributed by atoms with Crippen molar-refractivity contribution in [2.45, 2.75) is 51.1 Å². The highest BCUT2D eigenvalue weighted by Gasteiger charge is 2.52. The first-order chi connectivity index (χ1) is 13.6. The molecule has 1 fully saturated rings. The Morgan fingerprint density at radius 3 is 2.52 bits per heavy atom. The molecular weight excluding hydrogens is 380 g/mol. The van der Waals surface area contributed by atoms with Crippen molar-refractivity contribution in [1.82, 2.24) is 0 Å². The smallest absolute Gasteiger partial charge is 0.336 e. The second-order valence-corrected chi connectivity index (χ2v) is 7.00. The standard InChI is InChI=1S/C21H26O8/c1-6-10(2)19(24)28-18-14-12(4)20(25)29-17(14)15(22)11(3)8-7-9-13(16(18)23)21(26)27-5/h6,9,14-18,22-23H,3-4,7-8H2,1-2,5H3. The van der Waals surface area contributed by atoms with E-state index < -0.39 is 48.2 Å². The van der Waals surface area contributed by atoms with Crippen LogP contribution in [0.3, 0.4) is 0 Å². The van der Waals surface area contributed by atoms with Crippen molar-refractivity contribution < 1.29 is 38.8 Å². The first kappa shape index (κ1) is 22.6. The lowest BCUT2D eigenvalue weighted by molar-refractivity contribution is -0.159. The van der Waals surface area contributed by atoms with Crippen LogP contribution in [0.2, 0.25) is 0 Å². The number of allylic oxidation sites excluding steroid dienone is 2. The third-order valence-corrected chi connectivity index (χ3v) is 5.22. The summed E-state index contributed by atoms with van der Waals surface area (Å²) in [5.41, 5.74) is 0.421. The summed E-state index contributed by atoms with van der Waals surface area (Å²) in [6, 6.07) is 0. The Bertz CT molecular complexity index is 791. The summed E-state index contributed by atoms with van der Waals surface area (Å²) in [7, 11) is 1.16. The fraction of sp³-hybridized carbons (Fsp3) is 0.476. The minimum atomic E-state index is -1.63. The molecule has 8 heteroatoms. The molecule has 2 rings (SSSR count). The molecule has 2 aliphatic rings. The minimum absolute atomic E-state index is 0.0818. The van der Waals surface area contributed by atoms with Crippen LogP contribution in [0.4, 0.5) is 0 Å². The Morgan fingerprint density at radius 1 is 1.28 bits per heavy atom. The molecule has 5 atom stereocenters. The Kier molecular flexibility index (Phi) is 7.16. The van der Waals surface area contributed by atoms with E-state index in [1.165, 1.54) is 19.1 Å². The van der Waals surface area contributed by atoms with E-state index in [2.05, 4.69) is 13.2 Å². The van der Waals surface area contributed by atoms with Crippen molar-refractivity contribution in [2.24, 2.45) is 5.92 Å². The van der Waals surface area contributed by atoms with Crippen LogP contribution in [0, 0.1) is 5.92 Å². The zero-order valence-electron chi connectivity index (χ0n) is 16.7. The molecule has 1 heterocycles. The molecule has 0 spiro atoms. The van der Waals surface area contributed by atoms with E-state index in [1.54, 1.807) is 6.92 Å². The highest BCUT2D eigenvalue weighted by atomic mass is 16.6. The first-order valence-corrected chi connectivity index (χ1v) is 9.19. The molecule has 5 unspecified atom stereocenters. The van der Waals surface area contributed by atoms with Gasteiger partial charge in [-0.3, -0.25) is 0 Å². The van der Waals surface area contributed by atoms with Gasteiger partial charge in [-0.05, 0) is 32.3 Å². The Hall–Kier alpha value is -2.71. The predicted octanol–water partition coefficient (Wildman–Crippen LogP) is 1.13. The molecular formula is C21H26O8. The number of carbonyl (C=O) groups excluding carboxylic acids is 3. The van der Waals surface area contributed by atoms with Crippen LogP contribution in [0.15, 0.2) is 47.6 Å². The Balaban J connectivity index is 2.60. The molecule has 8 nitrogen and oxygen atoms in total. The van der Waals surface area contributed by atoms with E-state index in [-0.39, 0.29) is 29.6 Å². The first-order valence-electron chi connectivity index (χ1n) is 9.19. The molecule has 0 saturated carbocycles. The molecule has 0 bridgehead atoms. The van der Waals surface area contributed by atoms with Crippen LogP contribution in [0.25, 0.3) is 0 Å². The van der Waals surface area contributed by atoms with Crippen LogP contribution >= 0.6 is 0 Å². The SMILES string of the molecule is C=C1CCC=C(C(=O)OC)C(O)C(OC(=O)C(C)=CC)C2C(=C)C(=O)OC2C1O. The molecule has 29 heavy (non-hydrogen) atoms. The number of methoxy groups -OCH3 is 1. The van der Waals surface area contributed by atoms with Crippen LogP contribution in [-0.2, 0) is 28.6 Å². The third-order valence-electron chi connectivity index (χ3n) is 5.22. The maximum Gasteiger partial charge on any atom is 0.336 e. The predicted molar refractivity (Wildman–Crippen MR) is 102 cm³/mol. The minimum Gasteiger partial charge on any atom is -0.466 e. The van der Waals surface area contributed by atoms with E-state index in [9.17, 15) is 24.6 Å². The number of hydrogen-bond donors (Lipinski definition) is 2. The van der Waals surface area contributed by atoms with E-state index in [0.29, 0.717) is 5.57 Å². The summed E-state index contributed by atoms with van der Waals surface area (Å²) in [4.78, 5) is 36.9. The fourth-order valence-electron chi connectivity index (χ4n) is 3.33. The third kappa shape index (κ3) is 4.49. The van der Waals surface area contributed by atoms with Gasteiger partial charge in [-0.2, -0.15) is 0 Å². The van der Waals surface area contributed by atoms with E-state index in [4.69, 9.17) is 14.2 Å². The number of hydrogen-bond acceptors (Lipinski definition) is 8. The lowest BCUT2D eigenvalue weighted by atomic mass is 9.80. The summed E-state index contributed by atoms with van der Waals surface area (Å²) in [6.07, 6.45) is -1.97. The van der Waals surface area contributed by atoms with Gasteiger partial charge in [0.15, 0.2) is 0 Å². The van der Waals surface area contributed by atoms with E-state index in [0.717, 1.165) is 7.11 Å². The molecule has 1 aliphatic heterocycles. The number of ether oxygens (including phenoxy) is 3. The number of carbonyl (C=O) groups is 3. The monoisotopic (exact) mass is 406 g/mol. The van der Waals surface area contributed by atoms with Gasteiger partial charge in [0.1, 0.15) is 24.4 Å². The molecule has 0 aromatic rings. The fourth-order valence-corrected chi connectivity index (χ4v) is 3.33. The molecule has 2 N–H and O–H groups in total. The van der Waals surface area contributed by atoms with Gasteiger partial charge < -0.3 is 24.4 Å². The second-order valence-electron chi connectivity index (χ2n) is 7.00. The maximum absolute atomic E-state index is 12.4. The van der Waals surface area contributed by atoms with Gasteiger partial charge in [-0.15, -0.1) is 0 Å². The molecule has 0 aromatic heterocycles. The van der Waals surface area contributed by atoms with Gasteiger partial charge in [0.05, 0.1) is 18.6 Å². The normalized spacial score (nSPS) is 30.8. The van der Waals surface area contributed by atoms with Crippen molar-refractivity contribution >= 4 is 17.9 Å². The molecule has 0 amide bonds. The summed E-state index contributed by atoms with van der Waals surface area (Å²) >= 11 is 0. The van der Waals surface area contributed by atoms with Gasteiger partial charge in [-0.25, -0.2) is 14.4 Å². The van der Waals surface area contributed by atoms with Crippen molar-refractivity contribution in [3.63, 3.8) is 0 Å². The van der Waals surface area contributed by atoms with E-state index in [1.807, 2.05) is 0 Å². The Morgan fingerprint density at radius 2 is 1.93 bits per heavy atom. The van der Waals surface area contributed by atoms with Crippen molar-refractivity contribution in [2.75, 3.05) is 7.11 Å². The summed E-state index contributed by atoms with van der Waals surface area (Å²) in [5, 5.41) is 21.6. The topological polar surface area (TPSA) is 119 Å². The lowest BCUT2D eigenvalue weighted by Crippen LogP contribution is -2.48. The number of esters is 3. The molecule has 0 radical (unpaired) electrons. The highest BCUT2D eigenvalue weighted by Crippen LogP contribution is 2.38. The van der Waals surface area contributed by atoms with Gasteiger partial charge in [0.25, 0.3) is 0 Å². The van der Waals surface area contributed by atoms with Gasteiger partial charge >= 0.3 is 17.9 Å². The molecule has 1 aliphatic carbocycles. The van der Waals surface area contributed by atoms with Crippen molar-refractivity contribution in [3.8, 4) is 0 Å². The van der Waals surface area contributed by atoms with Crippen LogP contribution in [0.5, 0.6) is 0 Å². The highest BCUT2D eigenvalue weighted by molar-refractivity contribution is 5.93. The van der Waals surface area contributed by atoms with Crippen LogP contribution < -0.4 is 0 Å². The quantitative estimate of drug-likeness (QED) is 0.310. The summed E-state index contributed by atoms with van der Waals surface area (Å²) < 4.78 is 15.5. The average Bonchev–Trinajstić information content (AvgIpc) is 3.00. The van der Waals surface area contributed by atoms with E-state index >= 15 is 0 Å². The number of fused-ring (bicyclic) bond motifs is 1. The summed E-state index contributed by atoms with van der Waals surface area (Å²) in [5.74, 6) is -3.44. The number of rotatable bonds is 3. The number of aliphatic hydroxyl groups excluding tert-OH is 2. The molecule has 1 saturated heterocycles. The maximum atomic E-state index is 12.4. The Labute approximate surface area is 169 Å². The van der Waals surface area contributed by atoms with Crippen molar-refractivity contribution in [1.29, 1.82) is 0 Å². The van der Waals surface area contributed by atoms with Gasteiger partial charge in [0, 0.05) is 11.1 Å². The zero-order chi connectivity index (χ0) is 21.9. The molecule has 0 aromatic carbocycles. The molecule has 158 valence electrons. The zero-order valence-corrected chi connectivity index (χ0v) is 16.7. The van der Waals surface area contributed by atoms with Crippen LogP contribution in [0.1, 0.15) is 26.7 Å². The number of aliphatic hydroxyl groups is 2. The second kappa shape index (κ2) is 9.19. The van der Waals surface area contributed by atoms with Crippen molar-refractivity contribution in [3.05, 3.63) is 47.6 Å².